The number of unbranched alkanes of at least 4 members (excludes halogenated alkanes) is 7. The summed E-state index contributed by atoms with van der Waals surface area (Å²) in [6.07, 6.45) is 9.53. The van der Waals surface area contributed by atoms with Crippen molar-refractivity contribution in [3.8, 4) is 0 Å². The highest BCUT2D eigenvalue weighted by atomic mass is 31.2. The van der Waals surface area contributed by atoms with Gasteiger partial charge in [-0.25, -0.2) is 4.57 Å². The first-order valence-corrected chi connectivity index (χ1v) is 8.97. The van der Waals surface area contributed by atoms with Crippen LogP contribution in [0.5, 0.6) is 0 Å². The lowest BCUT2D eigenvalue weighted by Crippen LogP contribution is -2.25. The quantitative estimate of drug-likeness (QED) is 0.309. The van der Waals surface area contributed by atoms with Gasteiger partial charge in [-0.3, -0.25) is 9.32 Å². The molecule has 0 saturated carbocycles. The van der Waals surface area contributed by atoms with E-state index in [1.165, 1.54) is 6.08 Å². The molecular formula is C14H28NO5P. The van der Waals surface area contributed by atoms with Gasteiger partial charge in [-0.1, -0.05) is 45.1 Å². The highest BCUT2D eigenvalue weighted by molar-refractivity contribution is 7.46. The van der Waals surface area contributed by atoms with Crippen molar-refractivity contribution in [2.24, 2.45) is 0 Å². The molecule has 1 amide bonds. The molecule has 21 heavy (non-hydrogen) atoms. The minimum atomic E-state index is -4.29. The summed E-state index contributed by atoms with van der Waals surface area (Å²) in [7, 11) is -2.51. The van der Waals surface area contributed by atoms with Crippen molar-refractivity contribution in [1.29, 1.82) is 0 Å². The van der Waals surface area contributed by atoms with Crippen LogP contribution in [0.25, 0.3) is 0 Å². The predicted octanol–water partition coefficient (Wildman–Crippen LogP) is 2.86. The molecule has 0 heterocycles. The molecule has 0 aliphatic carbocycles. The van der Waals surface area contributed by atoms with Gasteiger partial charge in [0.15, 0.2) is 0 Å². The van der Waals surface area contributed by atoms with Crippen LogP contribution in [0.15, 0.2) is 12.7 Å². The van der Waals surface area contributed by atoms with Crippen molar-refractivity contribution >= 4 is 13.7 Å². The number of rotatable bonds is 13. The standard InChI is InChI=1S/C14H28NO5P/c1-3-14(16)15(2)12-10-8-6-4-5-7-9-11-13-20-21(17,18)19/h3H,1,4-13H2,2H3,(H2,17,18,19). The molecule has 0 rings (SSSR count). The maximum absolute atomic E-state index is 11.2. The molecule has 0 fully saturated rings. The molecule has 6 nitrogen and oxygen atoms in total. The third kappa shape index (κ3) is 14.0. The van der Waals surface area contributed by atoms with Crippen LogP contribution in [-0.2, 0) is 13.9 Å². The summed E-state index contributed by atoms with van der Waals surface area (Å²) < 4.78 is 14.8. The van der Waals surface area contributed by atoms with Gasteiger partial charge in [0, 0.05) is 13.6 Å². The number of phosphoric acid groups is 1. The van der Waals surface area contributed by atoms with E-state index >= 15 is 0 Å². The van der Waals surface area contributed by atoms with Crippen LogP contribution in [0.3, 0.4) is 0 Å². The first-order chi connectivity index (χ1) is 9.87. The summed E-state index contributed by atoms with van der Waals surface area (Å²) in [5.41, 5.74) is 0. The second kappa shape index (κ2) is 11.9. The van der Waals surface area contributed by atoms with Gasteiger partial charge >= 0.3 is 7.82 Å². The number of nitrogens with zero attached hydrogens (tertiary/aromatic N) is 1. The Hall–Kier alpha value is -0.680. The van der Waals surface area contributed by atoms with Gasteiger partial charge in [0.1, 0.15) is 0 Å². The first-order valence-electron chi connectivity index (χ1n) is 7.44. The number of carbonyl (C=O) groups excluding carboxylic acids is 1. The van der Waals surface area contributed by atoms with E-state index in [4.69, 9.17) is 9.79 Å². The Morgan fingerprint density at radius 1 is 1.10 bits per heavy atom. The smallest absolute Gasteiger partial charge is 0.342 e. The van der Waals surface area contributed by atoms with E-state index in [9.17, 15) is 9.36 Å². The average Bonchev–Trinajstić information content (AvgIpc) is 2.42. The van der Waals surface area contributed by atoms with Crippen LogP contribution in [0.1, 0.15) is 51.4 Å². The van der Waals surface area contributed by atoms with Gasteiger partial charge in [-0.05, 0) is 18.9 Å². The summed E-state index contributed by atoms with van der Waals surface area (Å²) in [5, 5.41) is 0. The van der Waals surface area contributed by atoms with Crippen molar-refractivity contribution in [3.63, 3.8) is 0 Å². The molecule has 0 unspecified atom stereocenters. The number of amides is 1. The minimum absolute atomic E-state index is 0.0347. The van der Waals surface area contributed by atoms with Gasteiger partial charge in [0.2, 0.25) is 5.91 Å². The topological polar surface area (TPSA) is 87.1 Å². The third-order valence-electron chi connectivity index (χ3n) is 3.20. The average molecular weight is 321 g/mol. The number of phosphoric ester groups is 1. The SMILES string of the molecule is C=CC(=O)N(C)CCCCCCCCCCOP(=O)(O)O. The van der Waals surface area contributed by atoms with E-state index < -0.39 is 7.82 Å². The molecule has 0 aromatic rings. The van der Waals surface area contributed by atoms with Gasteiger partial charge in [0.05, 0.1) is 6.61 Å². The Balaban J connectivity index is 3.25. The van der Waals surface area contributed by atoms with Crippen molar-refractivity contribution < 1.29 is 23.7 Å². The fraction of sp³-hybridized carbons (Fsp3) is 0.786. The van der Waals surface area contributed by atoms with Gasteiger partial charge < -0.3 is 14.7 Å². The van der Waals surface area contributed by atoms with Crippen LogP contribution >= 0.6 is 7.82 Å². The van der Waals surface area contributed by atoms with E-state index in [2.05, 4.69) is 11.1 Å². The Morgan fingerprint density at radius 3 is 2.05 bits per heavy atom. The van der Waals surface area contributed by atoms with E-state index in [0.29, 0.717) is 6.42 Å². The Bertz CT molecular complexity index is 342. The number of carbonyl (C=O) groups is 1. The second-order valence-electron chi connectivity index (χ2n) is 5.12. The summed E-state index contributed by atoms with van der Waals surface area (Å²) in [4.78, 5) is 29.9. The van der Waals surface area contributed by atoms with Gasteiger partial charge in [0.25, 0.3) is 0 Å². The van der Waals surface area contributed by atoms with Crippen molar-refractivity contribution in [3.05, 3.63) is 12.7 Å². The van der Waals surface area contributed by atoms with Crippen LogP contribution in [-0.4, -0.2) is 40.8 Å². The third-order valence-corrected chi connectivity index (χ3v) is 3.72. The molecule has 0 aliphatic rings. The molecule has 0 aliphatic heterocycles. The van der Waals surface area contributed by atoms with Crippen molar-refractivity contribution in [2.45, 2.75) is 51.4 Å². The van der Waals surface area contributed by atoms with Crippen molar-refractivity contribution in [1.82, 2.24) is 4.90 Å². The highest BCUT2D eigenvalue weighted by Gasteiger charge is 2.12. The normalized spacial score (nSPS) is 11.4. The van der Waals surface area contributed by atoms with Crippen LogP contribution in [0, 0.1) is 0 Å². The van der Waals surface area contributed by atoms with Crippen LogP contribution < -0.4 is 0 Å². The highest BCUT2D eigenvalue weighted by Crippen LogP contribution is 2.35. The first kappa shape index (κ1) is 20.3. The minimum Gasteiger partial charge on any atom is -0.342 e. The Labute approximate surface area is 127 Å². The molecule has 2 N–H and O–H groups in total. The Kier molecular flexibility index (Phi) is 11.5. The van der Waals surface area contributed by atoms with Crippen molar-refractivity contribution in [2.75, 3.05) is 20.2 Å². The monoisotopic (exact) mass is 321 g/mol. The molecule has 0 radical (unpaired) electrons. The largest absolute Gasteiger partial charge is 0.469 e. The maximum atomic E-state index is 11.2. The zero-order valence-electron chi connectivity index (χ0n) is 12.9. The molecule has 0 aromatic carbocycles. The molecule has 0 saturated heterocycles. The van der Waals surface area contributed by atoms with Gasteiger partial charge in [-0.15, -0.1) is 0 Å². The summed E-state index contributed by atoms with van der Waals surface area (Å²) in [6, 6.07) is 0. The molecule has 124 valence electrons. The Morgan fingerprint density at radius 2 is 1.57 bits per heavy atom. The van der Waals surface area contributed by atoms with Gasteiger partial charge in [-0.2, -0.15) is 0 Å². The number of likely N-dealkylation sites (N-methyl/N-ethyl adjacent to an activating group) is 1. The molecule has 0 atom stereocenters. The maximum Gasteiger partial charge on any atom is 0.469 e. The molecule has 0 spiro atoms. The molecule has 7 heteroatoms. The lowest BCUT2D eigenvalue weighted by molar-refractivity contribution is -0.124. The lowest BCUT2D eigenvalue weighted by Gasteiger charge is -2.14. The fourth-order valence-corrected chi connectivity index (χ4v) is 2.33. The van der Waals surface area contributed by atoms with Crippen LogP contribution in [0.4, 0.5) is 0 Å². The molecule has 0 aromatic heterocycles. The second-order valence-corrected chi connectivity index (χ2v) is 6.36. The lowest BCUT2D eigenvalue weighted by atomic mass is 10.1. The predicted molar refractivity (Wildman–Crippen MR) is 82.8 cm³/mol. The molecule has 0 bridgehead atoms. The van der Waals surface area contributed by atoms with E-state index in [1.807, 2.05) is 0 Å². The van der Waals surface area contributed by atoms with E-state index in [-0.39, 0.29) is 12.5 Å². The van der Waals surface area contributed by atoms with E-state index in [1.54, 1.807) is 11.9 Å². The zero-order valence-corrected chi connectivity index (χ0v) is 13.8. The number of hydrogen-bond acceptors (Lipinski definition) is 3. The number of hydrogen-bond donors (Lipinski definition) is 2. The summed E-state index contributed by atoms with van der Waals surface area (Å²) in [6.45, 7) is 4.34. The van der Waals surface area contributed by atoms with Crippen LogP contribution in [0.2, 0.25) is 0 Å². The summed E-state index contributed by atoms with van der Waals surface area (Å²) in [5.74, 6) is -0.0347. The summed E-state index contributed by atoms with van der Waals surface area (Å²) >= 11 is 0. The fourth-order valence-electron chi connectivity index (χ4n) is 1.96. The van der Waals surface area contributed by atoms with E-state index in [0.717, 1.165) is 51.5 Å². The zero-order chi connectivity index (χ0) is 16.1. The molecular weight excluding hydrogens is 293 g/mol.